The van der Waals surface area contributed by atoms with Gasteiger partial charge in [0.2, 0.25) is 0 Å². The summed E-state index contributed by atoms with van der Waals surface area (Å²) in [7, 11) is -3.45. The lowest BCUT2D eigenvalue weighted by molar-refractivity contribution is -0.00414. The van der Waals surface area contributed by atoms with Gasteiger partial charge in [-0.25, -0.2) is 0 Å². The van der Waals surface area contributed by atoms with Gasteiger partial charge in [-0.15, -0.1) is 0 Å². The lowest BCUT2D eigenvalue weighted by Crippen LogP contribution is -2.54. The molecule has 0 amide bonds. The first kappa shape index (κ1) is 17.1. The van der Waals surface area contributed by atoms with Crippen LogP contribution in [0.5, 0.6) is 0 Å². The Bertz CT molecular complexity index is 634. The summed E-state index contributed by atoms with van der Waals surface area (Å²) >= 11 is 6.18. The molecule has 1 aromatic carbocycles. The molecule has 2 heterocycles. The quantitative estimate of drug-likeness (QED) is 0.808. The van der Waals surface area contributed by atoms with Gasteiger partial charge in [-0.05, 0) is 11.6 Å². The van der Waals surface area contributed by atoms with Gasteiger partial charge in [0.05, 0.1) is 25.9 Å². The predicted molar refractivity (Wildman–Crippen MR) is 87.8 cm³/mol. The molecule has 1 aromatic rings. The molecule has 8 heteroatoms. The zero-order chi connectivity index (χ0) is 16.3. The van der Waals surface area contributed by atoms with E-state index in [-0.39, 0.29) is 6.10 Å². The molecule has 3 rings (SSSR count). The van der Waals surface area contributed by atoms with Crippen LogP contribution in [0.2, 0.25) is 5.02 Å². The number of nitrogens with zero attached hydrogens (tertiary/aromatic N) is 2. The Balaban J connectivity index is 1.67. The molecule has 2 fully saturated rings. The fourth-order valence-corrected chi connectivity index (χ4v) is 4.69. The third-order valence-electron chi connectivity index (χ3n) is 4.13. The fraction of sp³-hybridized carbons (Fsp3) is 0.600. The summed E-state index contributed by atoms with van der Waals surface area (Å²) in [5.74, 6) is 0. The van der Waals surface area contributed by atoms with Crippen molar-refractivity contribution in [1.29, 1.82) is 0 Å². The van der Waals surface area contributed by atoms with Crippen LogP contribution in [0.1, 0.15) is 5.56 Å². The van der Waals surface area contributed by atoms with Gasteiger partial charge in [0.15, 0.2) is 0 Å². The van der Waals surface area contributed by atoms with Crippen molar-refractivity contribution in [2.24, 2.45) is 0 Å². The topological polar surface area (TPSA) is 59.1 Å². The number of halogens is 1. The first-order valence-electron chi connectivity index (χ1n) is 7.75. The molecule has 0 N–H and O–H groups in total. The zero-order valence-electron chi connectivity index (χ0n) is 12.9. The molecule has 0 unspecified atom stereocenters. The molecule has 1 atom stereocenters. The van der Waals surface area contributed by atoms with Crippen molar-refractivity contribution in [3.8, 4) is 0 Å². The minimum atomic E-state index is -3.45. The lowest BCUT2D eigenvalue weighted by atomic mass is 10.1. The number of hydrogen-bond donors (Lipinski definition) is 0. The number of benzene rings is 1. The van der Waals surface area contributed by atoms with Gasteiger partial charge >= 0.3 is 0 Å². The molecule has 128 valence electrons. The highest BCUT2D eigenvalue weighted by atomic mass is 35.5. The van der Waals surface area contributed by atoms with E-state index in [0.717, 1.165) is 5.56 Å². The van der Waals surface area contributed by atoms with Gasteiger partial charge in [-0.1, -0.05) is 29.8 Å². The van der Waals surface area contributed by atoms with Crippen molar-refractivity contribution in [2.75, 3.05) is 46.0 Å². The fourth-order valence-electron chi connectivity index (χ4n) is 2.88. The summed E-state index contributed by atoms with van der Waals surface area (Å²) in [4.78, 5) is 0. The van der Waals surface area contributed by atoms with E-state index in [0.29, 0.717) is 57.4 Å². The minimum absolute atomic E-state index is 0.181. The van der Waals surface area contributed by atoms with Crippen LogP contribution in [-0.4, -0.2) is 69.1 Å². The number of ether oxygens (including phenoxy) is 2. The lowest BCUT2D eigenvalue weighted by Gasteiger charge is -2.36. The molecule has 2 saturated heterocycles. The Labute approximate surface area is 142 Å². The SMILES string of the molecule is O=S(=O)(N1CCOCC1)N1CCO[C@@H](Cc2ccccc2Cl)C1. The van der Waals surface area contributed by atoms with Gasteiger partial charge < -0.3 is 9.47 Å². The van der Waals surface area contributed by atoms with Crippen LogP contribution < -0.4 is 0 Å². The molecule has 2 aliphatic rings. The summed E-state index contributed by atoms with van der Waals surface area (Å²) in [6, 6.07) is 7.58. The van der Waals surface area contributed by atoms with Crippen LogP contribution >= 0.6 is 11.6 Å². The zero-order valence-corrected chi connectivity index (χ0v) is 14.4. The largest absolute Gasteiger partial charge is 0.379 e. The minimum Gasteiger partial charge on any atom is -0.379 e. The van der Waals surface area contributed by atoms with Crippen molar-refractivity contribution < 1.29 is 17.9 Å². The van der Waals surface area contributed by atoms with E-state index in [1.165, 1.54) is 8.61 Å². The summed E-state index contributed by atoms with van der Waals surface area (Å²) in [5.41, 5.74) is 0.977. The van der Waals surface area contributed by atoms with Crippen LogP contribution in [0.25, 0.3) is 0 Å². The van der Waals surface area contributed by atoms with E-state index in [2.05, 4.69) is 0 Å². The second-order valence-electron chi connectivity index (χ2n) is 5.67. The van der Waals surface area contributed by atoms with E-state index >= 15 is 0 Å². The first-order chi connectivity index (χ1) is 11.1. The van der Waals surface area contributed by atoms with Crippen LogP contribution in [0, 0.1) is 0 Å². The van der Waals surface area contributed by atoms with E-state index < -0.39 is 10.2 Å². The van der Waals surface area contributed by atoms with Gasteiger partial charge in [0.25, 0.3) is 10.2 Å². The van der Waals surface area contributed by atoms with Crippen molar-refractivity contribution >= 4 is 21.8 Å². The maximum absolute atomic E-state index is 12.7. The van der Waals surface area contributed by atoms with Crippen LogP contribution in [-0.2, 0) is 26.1 Å². The smallest absolute Gasteiger partial charge is 0.282 e. The number of rotatable bonds is 4. The van der Waals surface area contributed by atoms with Gasteiger partial charge in [0.1, 0.15) is 0 Å². The average molecular weight is 361 g/mol. The van der Waals surface area contributed by atoms with Gasteiger partial charge in [-0.2, -0.15) is 17.0 Å². The van der Waals surface area contributed by atoms with Crippen molar-refractivity contribution in [3.63, 3.8) is 0 Å². The highest BCUT2D eigenvalue weighted by molar-refractivity contribution is 7.86. The first-order valence-corrected chi connectivity index (χ1v) is 9.53. The van der Waals surface area contributed by atoms with Crippen LogP contribution in [0.3, 0.4) is 0 Å². The van der Waals surface area contributed by atoms with E-state index in [4.69, 9.17) is 21.1 Å². The molecule has 0 radical (unpaired) electrons. The van der Waals surface area contributed by atoms with Crippen molar-refractivity contribution in [3.05, 3.63) is 34.9 Å². The predicted octanol–water partition coefficient (Wildman–Crippen LogP) is 1.16. The number of hydrogen-bond acceptors (Lipinski definition) is 4. The molecular weight excluding hydrogens is 340 g/mol. The normalized spacial score (nSPS) is 24.7. The van der Waals surface area contributed by atoms with E-state index in [1.54, 1.807) is 0 Å². The summed E-state index contributed by atoms with van der Waals surface area (Å²) in [6.45, 7) is 2.87. The van der Waals surface area contributed by atoms with E-state index in [9.17, 15) is 8.42 Å². The molecular formula is C15H21ClN2O4S. The summed E-state index contributed by atoms with van der Waals surface area (Å²) in [5, 5.41) is 0.684. The Kier molecular flexibility index (Phi) is 5.56. The van der Waals surface area contributed by atoms with Gasteiger partial charge in [0, 0.05) is 37.6 Å². The standard InChI is InChI=1S/C15H21ClN2O4S/c16-15-4-2-1-3-13(15)11-14-12-18(7-10-22-14)23(19,20)17-5-8-21-9-6-17/h1-4,14H,5-12H2/t14-/m0/s1. The molecule has 0 aliphatic carbocycles. The second-order valence-corrected chi connectivity index (χ2v) is 8.00. The Hall–Kier alpha value is -0.700. The third kappa shape index (κ3) is 4.04. The number of morpholine rings is 2. The van der Waals surface area contributed by atoms with Gasteiger partial charge in [-0.3, -0.25) is 0 Å². The maximum atomic E-state index is 12.7. The Morgan fingerprint density at radius 3 is 2.52 bits per heavy atom. The highest BCUT2D eigenvalue weighted by Crippen LogP contribution is 2.21. The Morgan fingerprint density at radius 1 is 1.09 bits per heavy atom. The second kappa shape index (κ2) is 7.46. The molecule has 6 nitrogen and oxygen atoms in total. The van der Waals surface area contributed by atoms with Crippen LogP contribution in [0.15, 0.2) is 24.3 Å². The monoisotopic (exact) mass is 360 g/mol. The average Bonchev–Trinajstić information content (AvgIpc) is 2.58. The van der Waals surface area contributed by atoms with Crippen molar-refractivity contribution in [1.82, 2.24) is 8.61 Å². The molecule has 2 aliphatic heterocycles. The maximum Gasteiger partial charge on any atom is 0.282 e. The molecule has 0 spiro atoms. The van der Waals surface area contributed by atoms with Crippen molar-refractivity contribution in [2.45, 2.75) is 12.5 Å². The molecule has 0 bridgehead atoms. The molecule has 0 saturated carbocycles. The molecule has 0 aromatic heterocycles. The molecule has 23 heavy (non-hydrogen) atoms. The van der Waals surface area contributed by atoms with E-state index in [1.807, 2.05) is 24.3 Å². The highest BCUT2D eigenvalue weighted by Gasteiger charge is 2.34. The summed E-state index contributed by atoms with van der Waals surface area (Å²) in [6.07, 6.45) is 0.425. The summed E-state index contributed by atoms with van der Waals surface area (Å²) < 4.78 is 39.4. The third-order valence-corrected chi connectivity index (χ3v) is 6.50. The van der Waals surface area contributed by atoms with Crippen LogP contribution in [0.4, 0.5) is 0 Å². The Morgan fingerprint density at radius 2 is 1.78 bits per heavy atom.